The van der Waals surface area contributed by atoms with Crippen LogP contribution in [0.5, 0.6) is 0 Å². The van der Waals surface area contributed by atoms with Gasteiger partial charge in [-0.1, -0.05) is 32.1 Å². The lowest BCUT2D eigenvalue weighted by molar-refractivity contribution is -0.131. The number of carbonyl (C=O) groups is 2. The van der Waals surface area contributed by atoms with E-state index in [1.165, 1.54) is 6.42 Å². The van der Waals surface area contributed by atoms with Crippen LogP contribution in [-0.4, -0.2) is 34.9 Å². The molecule has 0 aromatic rings. The van der Waals surface area contributed by atoms with Gasteiger partial charge in [0.2, 0.25) is 11.6 Å². The summed E-state index contributed by atoms with van der Waals surface area (Å²) < 4.78 is 0. The lowest BCUT2D eigenvalue weighted by Crippen LogP contribution is -2.23. The van der Waals surface area contributed by atoms with E-state index in [1.54, 1.807) is 0 Å². The number of hydrogen-bond acceptors (Lipinski definition) is 5. The summed E-state index contributed by atoms with van der Waals surface area (Å²) in [7, 11) is 0. The molecule has 0 amide bonds. The van der Waals surface area contributed by atoms with E-state index in [4.69, 9.17) is 5.11 Å². The van der Waals surface area contributed by atoms with Crippen LogP contribution in [0.25, 0.3) is 0 Å². The molecule has 0 unspecified atom stereocenters. The smallest absolute Gasteiger partial charge is 0.229 e. The highest BCUT2D eigenvalue weighted by Gasteiger charge is 2.18. The normalized spacial score (nSPS) is 15.1. The number of hydrogen-bond donors (Lipinski definition) is 3. The molecule has 0 radical (unpaired) electrons. The highest BCUT2D eigenvalue weighted by molar-refractivity contribution is 6.46. The third kappa shape index (κ3) is 6.02. The number of ketones is 2. The third-order valence-corrected chi connectivity index (χ3v) is 3.21. The van der Waals surface area contributed by atoms with Crippen LogP contribution in [-0.2, 0) is 9.59 Å². The van der Waals surface area contributed by atoms with Gasteiger partial charge in [-0.25, -0.2) is 0 Å². The molecule has 0 saturated heterocycles. The summed E-state index contributed by atoms with van der Waals surface area (Å²) in [4.78, 5) is 22.2. The van der Waals surface area contributed by atoms with E-state index >= 15 is 0 Å². The van der Waals surface area contributed by atoms with E-state index in [9.17, 15) is 14.7 Å². The number of allylic oxidation sites excluding steroid dienone is 2. The number of nitrogens with one attached hydrogen (secondary N) is 1. The Labute approximate surface area is 119 Å². The molecule has 3 N–H and O–H groups in total. The molecule has 1 aliphatic rings. The van der Waals surface area contributed by atoms with Gasteiger partial charge in [-0.2, -0.15) is 0 Å². The zero-order valence-electron chi connectivity index (χ0n) is 11.7. The van der Waals surface area contributed by atoms with Crippen molar-refractivity contribution < 1.29 is 19.8 Å². The molecule has 5 heteroatoms. The fourth-order valence-corrected chi connectivity index (χ4v) is 2.03. The summed E-state index contributed by atoms with van der Waals surface area (Å²) in [6, 6.07) is 0. The Hall–Kier alpha value is -1.62. The molecule has 0 bridgehead atoms. The minimum atomic E-state index is -0.684. The van der Waals surface area contributed by atoms with Crippen molar-refractivity contribution >= 4 is 11.6 Å². The fraction of sp³-hybridized carbons (Fsp3) is 0.600. The molecule has 112 valence electrons. The van der Waals surface area contributed by atoms with Crippen molar-refractivity contribution in [2.75, 3.05) is 13.2 Å². The molecule has 0 spiro atoms. The molecule has 0 saturated carbocycles. The van der Waals surface area contributed by atoms with E-state index in [0.717, 1.165) is 50.7 Å². The van der Waals surface area contributed by atoms with Crippen molar-refractivity contribution in [3.05, 3.63) is 23.6 Å². The molecule has 0 aliphatic heterocycles. The molecule has 0 aromatic heterocycles. The second-order valence-corrected chi connectivity index (χ2v) is 4.94. The van der Waals surface area contributed by atoms with E-state index in [1.807, 2.05) is 0 Å². The Morgan fingerprint density at radius 3 is 2.05 bits per heavy atom. The van der Waals surface area contributed by atoms with Crippen molar-refractivity contribution in [2.45, 2.75) is 44.9 Å². The largest absolute Gasteiger partial charge is 0.506 e. The second kappa shape index (κ2) is 9.31. The van der Waals surface area contributed by atoms with E-state index in [-0.39, 0.29) is 12.4 Å². The number of carbonyl (C=O) groups excluding carboxylic acids is 2. The molecule has 0 aromatic carbocycles. The quantitative estimate of drug-likeness (QED) is 0.323. The van der Waals surface area contributed by atoms with Gasteiger partial charge in [0.05, 0.1) is 5.70 Å². The van der Waals surface area contributed by atoms with Gasteiger partial charge >= 0.3 is 0 Å². The zero-order chi connectivity index (χ0) is 14.8. The van der Waals surface area contributed by atoms with Gasteiger partial charge in [0, 0.05) is 25.3 Å². The first-order valence-electron chi connectivity index (χ1n) is 7.21. The lowest BCUT2D eigenvalue weighted by atomic mass is 10.1. The van der Waals surface area contributed by atoms with Gasteiger partial charge in [0.15, 0.2) is 0 Å². The summed E-state index contributed by atoms with van der Waals surface area (Å²) >= 11 is 0. The van der Waals surface area contributed by atoms with Gasteiger partial charge in [-0.15, -0.1) is 0 Å². The SMILES string of the molecule is O=C1C=C(O)C(NCCCCCCCCCO)=CC1=O. The topological polar surface area (TPSA) is 86.6 Å². The number of rotatable bonds is 10. The van der Waals surface area contributed by atoms with Gasteiger partial charge in [-0.05, 0) is 12.8 Å². The maximum atomic E-state index is 11.2. The molecule has 0 heterocycles. The van der Waals surface area contributed by atoms with Gasteiger partial charge < -0.3 is 15.5 Å². The lowest BCUT2D eigenvalue weighted by Gasteiger charge is -2.12. The van der Waals surface area contributed by atoms with Gasteiger partial charge in [-0.3, -0.25) is 9.59 Å². The van der Waals surface area contributed by atoms with Crippen molar-refractivity contribution in [1.29, 1.82) is 0 Å². The van der Waals surface area contributed by atoms with Crippen LogP contribution < -0.4 is 5.32 Å². The first-order valence-corrected chi connectivity index (χ1v) is 7.21. The number of aliphatic hydroxyl groups excluding tert-OH is 2. The van der Waals surface area contributed by atoms with Crippen LogP contribution in [0, 0.1) is 0 Å². The van der Waals surface area contributed by atoms with Gasteiger partial charge in [0.25, 0.3) is 0 Å². The summed E-state index contributed by atoms with van der Waals surface area (Å²) in [6.07, 6.45) is 9.55. The van der Waals surface area contributed by atoms with Crippen molar-refractivity contribution in [3.8, 4) is 0 Å². The Balaban J connectivity index is 2.07. The predicted octanol–water partition coefficient (Wildman–Crippen LogP) is 1.78. The second-order valence-electron chi connectivity index (χ2n) is 4.94. The standard InChI is InChI=1S/C15H23NO4/c17-9-7-5-3-1-2-4-6-8-16-12-10-14(19)15(20)11-13(12)18/h10-11,16-18H,1-9H2. The summed E-state index contributed by atoms with van der Waals surface area (Å²) in [6.45, 7) is 0.944. The first-order chi connectivity index (χ1) is 9.65. The first kappa shape index (κ1) is 16.4. The molecular weight excluding hydrogens is 258 g/mol. The highest BCUT2D eigenvalue weighted by Crippen LogP contribution is 2.10. The van der Waals surface area contributed by atoms with Crippen molar-refractivity contribution in [2.24, 2.45) is 0 Å². The minimum Gasteiger partial charge on any atom is -0.506 e. The summed E-state index contributed by atoms with van der Waals surface area (Å²) in [5, 5.41) is 21.1. The Bertz CT molecular complexity index is 399. The Kier molecular flexibility index (Phi) is 7.65. The molecule has 0 fully saturated rings. The van der Waals surface area contributed by atoms with E-state index in [0.29, 0.717) is 12.2 Å². The molecule has 20 heavy (non-hydrogen) atoms. The van der Waals surface area contributed by atoms with Crippen LogP contribution in [0.15, 0.2) is 23.6 Å². The predicted molar refractivity (Wildman–Crippen MR) is 76.2 cm³/mol. The molecular formula is C15H23NO4. The Morgan fingerprint density at radius 2 is 1.40 bits per heavy atom. The minimum absolute atomic E-state index is 0.168. The molecule has 1 rings (SSSR count). The molecule has 0 atom stereocenters. The summed E-state index contributed by atoms with van der Waals surface area (Å²) in [5.41, 5.74) is 0.331. The molecule has 5 nitrogen and oxygen atoms in total. The summed E-state index contributed by atoms with van der Waals surface area (Å²) in [5.74, 6) is -1.45. The average Bonchev–Trinajstić information content (AvgIpc) is 2.42. The van der Waals surface area contributed by atoms with Crippen LogP contribution in [0.2, 0.25) is 0 Å². The van der Waals surface area contributed by atoms with Crippen molar-refractivity contribution in [1.82, 2.24) is 5.32 Å². The number of unbranched alkanes of at least 4 members (excludes halogenated alkanes) is 6. The van der Waals surface area contributed by atoms with Gasteiger partial charge in [0.1, 0.15) is 5.76 Å². The average molecular weight is 281 g/mol. The maximum absolute atomic E-state index is 11.2. The van der Waals surface area contributed by atoms with Crippen LogP contribution in [0.1, 0.15) is 44.9 Å². The molecule has 1 aliphatic carbocycles. The van der Waals surface area contributed by atoms with Crippen molar-refractivity contribution in [3.63, 3.8) is 0 Å². The zero-order valence-corrected chi connectivity index (χ0v) is 11.7. The van der Waals surface area contributed by atoms with Crippen LogP contribution in [0.4, 0.5) is 0 Å². The maximum Gasteiger partial charge on any atom is 0.229 e. The number of aliphatic hydroxyl groups is 2. The van der Waals surface area contributed by atoms with Crippen LogP contribution in [0.3, 0.4) is 0 Å². The van der Waals surface area contributed by atoms with E-state index in [2.05, 4.69) is 5.32 Å². The Morgan fingerprint density at radius 1 is 0.850 bits per heavy atom. The monoisotopic (exact) mass is 281 g/mol. The fourth-order valence-electron chi connectivity index (χ4n) is 2.03. The van der Waals surface area contributed by atoms with E-state index < -0.39 is 11.6 Å². The third-order valence-electron chi connectivity index (χ3n) is 3.21. The van der Waals surface area contributed by atoms with Crippen LogP contribution >= 0.6 is 0 Å². The highest BCUT2D eigenvalue weighted by atomic mass is 16.3.